The fraction of sp³-hybridized carbons (Fsp3) is 0.241. The predicted molar refractivity (Wildman–Crippen MR) is 134 cm³/mol. The van der Waals surface area contributed by atoms with Crippen LogP contribution < -0.4 is 9.47 Å². The Bertz CT molecular complexity index is 1360. The van der Waals surface area contributed by atoms with Gasteiger partial charge in [-0.1, -0.05) is 36.4 Å². The van der Waals surface area contributed by atoms with Crippen molar-refractivity contribution in [3.8, 4) is 17.2 Å². The molecule has 0 unspecified atom stereocenters. The van der Waals surface area contributed by atoms with Gasteiger partial charge in [-0.3, -0.25) is 9.59 Å². The van der Waals surface area contributed by atoms with Crippen molar-refractivity contribution in [2.45, 2.75) is 39.0 Å². The van der Waals surface area contributed by atoms with E-state index in [1.54, 1.807) is 37.3 Å². The van der Waals surface area contributed by atoms with Crippen molar-refractivity contribution in [3.05, 3.63) is 94.6 Å². The number of aromatic hydroxyl groups is 1. The number of aliphatic hydroxyl groups excluding tert-OH is 1. The van der Waals surface area contributed by atoms with Gasteiger partial charge in [0.25, 0.3) is 11.7 Å². The molecule has 2 aliphatic rings. The number of nitrogens with zero attached hydrogens (tertiary/aromatic N) is 1. The maximum Gasteiger partial charge on any atom is 0.295 e. The molecule has 2 N–H and O–H groups in total. The van der Waals surface area contributed by atoms with E-state index in [1.807, 2.05) is 37.3 Å². The summed E-state index contributed by atoms with van der Waals surface area (Å²) in [5.41, 5.74) is 2.77. The average Bonchev–Trinajstić information content (AvgIpc) is 3.37. The highest BCUT2D eigenvalue weighted by atomic mass is 16.5. The van der Waals surface area contributed by atoms with Crippen LogP contribution in [0.15, 0.2) is 72.3 Å². The van der Waals surface area contributed by atoms with Crippen molar-refractivity contribution >= 4 is 17.4 Å². The Balaban J connectivity index is 1.65. The van der Waals surface area contributed by atoms with Crippen molar-refractivity contribution in [1.29, 1.82) is 0 Å². The van der Waals surface area contributed by atoms with E-state index in [0.29, 0.717) is 24.2 Å². The minimum atomic E-state index is -0.867. The van der Waals surface area contributed by atoms with Crippen LogP contribution in [0, 0.1) is 0 Å². The lowest BCUT2D eigenvalue weighted by molar-refractivity contribution is -0.140. The number of hydrogen-bond acceptors (Lipinski definition) is 6. The Morgan fingerprint density at radius 2 is 1.86 bits per heavy atom. The number of benzene rings is 3. The standard InChI is InChI=1S/C29H27NO6/c1-3-35-24-15-19(9-11-22(24)31)26-25(27(32)20-10-12-23-21(14-20)13-17(2)36-23)28(33)29(34)30(26)16-18-7-5-4-6-8-18/h4-12,14-15,17,26,31-32H,3,13,16H2,1-2H3/t17-,26-/m1/s1. The molecule has 7 nitrogen and oxygen atoms in total. The molecule has 2 atom stereocenters. The van der Waals surface area contributed by atoms with Gasteiger partial charge in [0.05, 0.1) is 18.2 Å². The maximum absolute atomic E-state index is 13.4. The molecule has 7 heteroatoms. The molecule has 2 heterocycles. The van der Waals surface area contributed by atoms with Gasteiger partial charge in [0.2, 0.25) is 0 Å². The highest BCUT2D eigenvalue weighted by Gasteiger charge is 2.46. The van der Waals surface area contributed by atoms with Crippen molar-refractivity contribution < 1.29 is 29.3 Å². The summed E-state index contributed by atoms with van der Waals surface area (Å²) < 4.78 is 11.3. The fourth-order valence-electron chi connectivity index (χ4n) is 4.87. The number of likely N-dealkylation sites (tertiary alicyclic amines) is 1. The number of phenols is 1. The van der Waals surface area contributed by atoms with E-state index in [4.69, 9.17) is 9.47 Å². The predicted octanol–water partition coefficient (Wildman–Crippen LogP) is 4.74. The first kappa shape index (κ1) is 23.5. The highest BCUT2D eigenvalue weighted by Crippen LogP contribution is 2.43. The van der Waals surface area contributed by atoms with Crippen LogP contribution in [0.4, 0.5) is 0 Å². The van der Waals surface area contributed by atoms with Gasteiger partial charge in [0, 0.05) is 18.5 Å². The smallest absolute Gasteiger partial charge is 0.295 e. The molecule has 3 aromatic carbocycles. The minimum absolute atomic E-state index is 0.00372. The van der Waals surface area contributed by atoms with Crippen LogP contribution in [0.1, 0.15) is 42.1 Å². The van der Waals surface area contributed by atoms with Crippen LogP contribution in [-0.4, -0.2) is 39.5 Å². The normalized spacial score (nSPS) is 20.3. The van der Waals surface area contributed by atoms with Gasteiger partial charge < -0.3 is 24.6 Å². The first-order valence-electron chi connectivity index (χ1n) is 12.0. The number of ether oxygens (including phenoxy) is 2. The Hall–Kier alpha value is -4.26. The molecule has 1 saturated heterocycles. The molecular formula is C29H27NO6. The minimum Gasteiger partial charge on any atom is -0.507 e. The van der Waals surface area contributed by atoms with Gasteiger partial charge in [0.15, 0.2) is 11.5 Å². The number of ketones is 1. The zero-order valence-corrected chi connectivity index (χ0v) is 20.1. The summed E-state index contributed by atoms with van der Waals surface area (Å²) in [4.78, 5) is 28.1. The molecule has 0 aromatic heterocycles. The molecule has 3 aromatic rings. The van der Waals surface area contributed by atoms with Crippen LogP contribution in [0.2, 0.25) is 0 Å². The lowest BCUT2D eigenvalue weighted by Gasteiger charge is -2.26. The van der Waals surface area contributed by atoms with E-state index in [2.05, 4.69) is 0 Å². The van der Waals surface area contributed by atoms with Gasteiger partial charge in [0.1, 0.15) is 17.6 Å². The Morgan fingerprint density at radius 1 is 1.08 bits per heavy atom. The van der Waals surface area contributed by atoms with E-state index in [-0.39, 0.29) is 35.5 Å². The molecule has 36 heavy (non-hydrogen) atoms. The Morgan fingerprint density at radius 3 is 2.61 bits per heavy atom. The Kier molecular flexibility index (Phi) is 6.14. The molecule has 0 aliphatic carbocycles. The fourth-order valence-corrected chi connectivity index (χ4v) is 4.87. The van der Waals surface area contributed by atoms with Crippen LogP contribution in [0.3, 0.4) is 0 Å². The molecule has 0 saturated carbocycles. The third-order valence-corrected chi connectivity index (χ3v) is 6.50. The van der Waals surface area contributed by atoms with E-state index in [0.717, 1.165) is 16.9 Å². The van der Waals surface area contributed by atoms with E-state index < -0.39 is 17.7 Å². The largest absolute Gasteiger partial charge is 0.507 e. The number of hydrogen-bond donors (Lipinski definition) is 2. The number of phenolic OH excluding ortho intramolecular Hbond substituents is 1. The zero-order chi connectivity index (χ0) is 25.4. The maximum atomic E-state index is 13.4. The van der Waals surface area contributed by atoms with Crippen LogP contribution >= 0.6 is 0 Å². The molecule has 2 aliphatic heterocycles. The summed E-state index contributed by atoms with van der Waals surface area (Å²) >= 11 is 0. The number of amides is 1. The van der Waals surface area contributed by atoms with Crippen LogP contribution in [0.5, 0.6) is 17.2 Å². The SMILES string of the molecule is CCOc1cc([C@@H]2C(=C(O)c3ccc4c(c3)C[C@@H](C)O4)C(=O)C(=O)N2Cc2ccccc2)ccc1O. The van der Waals surface area contributed by atoms with E-state index in [9.17, 15) is 19.8 Å². The summed E-state index contributed by atoms with van der Waals surface area (Å²) in [6.45, 7) is 4.27. The van der Waals surface area contributed by atoms with Crippen molar-refractivity contribution in [2.75, 3.05) is 6.61 Å². The van der Waals surface area contributed by atoms with E-state index >= 15 is 0 Å². The highest BCUT2D eigenvalue weighted by molar-refractivity contribution is 6.46. The molecule has 0 bridgehead atoms. The number of rotatable bonds is 6. The molecule has 184 valence electrons. The first-order chi connectivity index (χ1) is 17.4. The first-order valence-corrected chi connectivity index (χ1v) is 12.0. The van der Waals surface area contributed by atoms with Gasteiger partial charge in [-0.05, 0) is 60.9 Å². The second-order valence-electron chi connectivity index (χ2n) is 9.03. The lowest BCUT2D eigenvalue weighted by Crippen LogP contribution is -2.29. The lowest BCUT2D eigenvalue weighted by atomic mass is 9.94. The third kappa shape index (κ3) is 4.17. The van der Waals surface area contributed by atoms with Gasteiger partial charge in [-0.2, -0.15) is 0 Å². The second-order valence-corrected chi connectivity index (χ2v) is 9.03. The number of carbonyl (C=O) groups excluding carboxylic acids is 2. The van der Waals surface area contributed by atoms with E-state index in [1.165, 1.54) is 11.0 Å². The quantitative estimate of drug-likeness (QED) is 0.298. The van der Waals surface area contributed by atoms with Gasteiger partial charge >= 0.3 is 0 Å². The Labute approximate surface area is 209 Å². The molecule has 1 fully saturated rings. The summed E-state index contributed by atoms with van der Waals surface area (Å²) in [5.74, 6) is -0.765. The zero-order valence-electron chi connectivity index (χ0n) is 20.1. The van der Waals surface area contributed by atoms with Crippen molar-refractivity contribution in [2.24, 2.45) is 0 Å². The van der Waals surface area contributed by atoms with Crippen LogP contribution in [0.25, 0.3) is 5.76 Å². The summed E-state index contributed by atoms with van der Waals surface area (Å²) in [6, 6.07) is 18.5. The van der Waals surface area contributed by atoms with Crippen molar-refractivity contribution in [3.63, 3.8) is 0 Å². The molecule has 5 rings (SSSR count). The molecular weight excluding hydrogens is 458 g/mol. The summed E-state index contributed by atoms with van der Waals surface area (Å²) in [5, 5.41) is 21.6. The third-order valence-electron chi connectivity index (χ3n) is 6.50. The second kappa shape index (κ2) is 9.41. The van der Waals surface area contributed by atoms with Gasteiger partial charge in [-0.25, -0.2) is 0 Å². The topological polar surface area (TPSA) is 96.3 Å². The number of carbonyl (C=O) groups is 2. The number of Topliss-reactive ketones (excluding diaryl/α,β-unsaturated/α-hetero) is 1. The average molecular weight is 486 g/mol. The van der Waals surface area contributed by atoms with Crippen molar-refractivity contribution in [1.82, 2.24) is 4.90 Å². The molecule has 0 spiro atoms. The van der Waals surface area contributed by atoms with Crippen LogP contribution in [-0.2, 0) is 22.6 Å². The molecule has 0 radical (unpaired) electrons. The summed E-state index contributed by atoms with van der Waals surface area (Å²) in [7, 11) is 0. The van der Waals surface area contributed by atoms with Gasteiger partial charge in [-0.15, -0.1) is 0 Å². The molecule has 1 amide bonds. The summed E-state index contributed by atoms with van der Waals surface area (Å²) in [6.07, 6.45) is 0.723. The number of aliphatic hydroxyl groups is 1. The number of fused-ring (bicyclic) bond motifs is 1. The monoisotopic (exact) mass is 485 g/mol.